The minimum atomic E-state index is -4.59. The van der Waals surface area contributed by atoms with E-state index in [0.29, 0.717) is 16.9 Å². The van der Waals surface area contributed by atoms with Gasteiger partial charge in [-0.15, -0.1) is 4.28 Å². The van der Waals surface area contributed by atoms with Gasteiger partial charge in [-0.05, 0) is 42.0 Å². The SMILES string of the molecule is CN(OS(=O)O)c1ccc2ccn(-c3cccc(-c4cnc(Cl)cc4C(F)(F)F)c3)c2c1. The lowest BCUT2D eigenvalue weighted by Gasteiger charge is -2.16. The quantitative estimate of drug-likeness (QED) is 0.219. The fourth-order valence-electron chi connectivity index (χ4n) is 3.39. The molecular weight excluding hydrogens is 467 g/mol. The highest BCUT2D eigenvalue weighted by Crippen LogP contribution is 2.38. The van der Waals surface area contributed by atoms with Crippen molar-refractivity contribution in [2.24, 2.45) is 0 Å². The summed E-state index contributed by atoms with van der Waals surface area (Å²) >= 11 is 3.21. The van der Waals surface area contributed by atoms with Crippen LogP contribution in [0.15, 0.2) is 67.0 Å². The number of fused-ring (bicyclic) bond motifs is 1. The van der Waals surface area contributed by atoms with Crippen LogP contribution in [0.25, 0.3) is 27.7 Å². The van der Waals surface area contributed by atoms with Crippen LogP contribution in [0.1, 0.15) is 5.56 Å². The maximum absolute atomic E-state index is 13.6. The van der Waals surface area contributed by atoms with Crippen LogP contribution >= 0.6 is 11.6 Å². The number of benzene rings is 2. The van der Waals surface area contributed by atoms with Crippen molar-refractivity contribution < 1.29 is 26.2 Å². The summed E-state index contributed by atoms with van der Waals surface area (Å²) in [6.45, 7) is 0. The van der Waals surface area contributed by atoms with Crippen molar-refractivity contribution in [3.8, 4) is 16.8 Å². The molecule has 32 heavy (non-hydrogen) atoms. The zero-order chi connectivity index (χ0) is 23.0. The standard InChI is InChI=1S/C21H15ClF3N3O3S/c1-27(31-32(29)30)15-6-5-13-7-8-28(19(13)10-15)16-4-2-3-14(9-16)17-12-26-20(22)11-18(17)21(23,24)25/h2-12H,1H3,(H,29,30). The molecule has 0 spiro atoms. The van der Waals surface area contributed by atoms with Crippen molar-refractivity contribution in [1.82, 2.24) is 9.55 Å². The van der Waals surface area contributed by atoms with E-state index >= 15 is 0 Å². The van der Waals surface area contributed by atoms with E-state index in [-0.39, 0.29) is 10.7 Å². The number of rotatable bonds is 5. The molecule has 4 rings (SSSR count). The van der Waals surface area contributed by atoms with Crippen LogP contribution in [0.4, 0.5) is 18.9 Å². The fourth-order valence-corrected chi connectivity index (χ4v) is 3.83. The lowest BCUT2D eigenvalue weighted by Crippen LogP contribution is -2.18. The number of alkyl halides is 3. The minimum absolute atomic E-state index is 0.0838. The number of halogens is 4. The van der Waals surface area contributed by atoms with Crippen LogP contribution in [-0.2, 0) is 21.8 Å². The van der Waals surface area contributed by atoms with Crippen molar-refractivity contribution in [3.63, 3.8) is 0 Å². The van der Waals surface area contributed by atoms with E-state index in [0.717, 1.165) is 28.2 Å². The molecule has 2 aromatic heterocycles. The molecule has 2 aromatic carbocycles. The molecule has 166 valence electrons. The Morgan fingerprint density at radius 1 is 1.16 bits per heavy atom. The van der Waals surface area contributed by atoms with Crippen molar-refractivity contribution in [3.05, 3.63) is 77.7 Å². The van der Waals surface area contributed by atoms with Crippen LogP contribution in [0.2, 0.25) is 5.15 Å². The molecular formula is C21H15ClF3N3O3S. The summed E-state index contributed by atoms with van der Waals surface area (Å²) in [4.78, 5) is 3.82. The molecule has 0 aliphatic heterocycles. The summed E-state index contributed by atoms with van der Waals surface area (Å²) in [5, 5.41) is 1.77. The van der Waals surface area contributed by atoms with E-state index in [2.05, 4.69) is 4.98 Å². The maximum atomic E-state index is 13.6. The second kappa shape index (κ2) is 8.55. The second-order valence-electron chi connectivity index (χ2n) is 6.82. The molecule has 11 heteroatoms. The first-order chi connectivity index (χ1) is 15.1. The Labute approximate surface area is 188 Å². The topological polar surface area (TPSA) is 67.6 Å². The Hall–Kier alpha value is -2.92. The van der Waals surface area contributed by atoms with Crippen LogP contribution in [0.5, 0.6) is 0 Å². The Balaban J connectivity index is 1.80. The maximum Gasteiger partial charge on any atom is 0.417 e. The van der Waals surface area contributed by atoms with Crippen molar-refractivity contribution in [2.45, 2.75) is 6.18 Å². The van der Waals surface area contributed by atoms with Gasteiger partial charge in [0.2, 0.25) is 0 Å². The highest BCUT2D eigenvalue weighted by Gasteiger charge is 2.34. The molecule has 0 saturated carbocycles. The number of anilines is 1. The van der Waals surface area contributed by atoms with Crippen LogP contribution in [-0.4, -0.2) is 25.4 Å². The molecule has 0 radical (unpaired) electrons. The van der Waals surface area contributed by atoms with E-state index in [1.54, 1.807) is 53.2 Å². The number of hydrogen-bond donors (Lipinski definition) is 1. The lowest BCUT2D eigenvalue weighted by atomic mass is 10.0. The molecule has 6 nitrogen and oxygen atoms in total. The third-order valence-corrected chi connectivity index (χ3v) is 5.39. The normalized spacial score (nSPS) is 12.8. The van der Waals surface area contributed by atoms with Gasteiger partial charge in [-0.2, -0.15) is 17.4 Å². The van der Waals surface area contributed by atoms with Crippen molar-refractivity contribution >= 4 is 39.6 Å². The molecule has 0 fully saturated rings. The van der Waals surface area contributed by atoms with E-state index in [1.165, 1.54) is 7.05 Å². The molecule has 0 saturated heterocycles. The number of nitrogens with zero attached hydrogens (tertiary/aromatic N) is 3. The van der Waals surface area contributed by atoms with Gasteiger partial charge in [-0.25, -0.2) is 10.0 Å². The zero-order valence-electron chi connectivity index (χ0n) is 16.4. The Morgan fingerprint density at radius 3 is 2.66 bits per heavy atom. The molecule has 2 heterocycles. The molecule has 0 amide bonds. The first kappa shape index (κ1) is 22.3. The van der Waals surface area contributed by atoms with Gasteiger partial charge in [0.1, 0.15) is 5.15 Å². The van der Waals surface area contributed by atoms with Gasteiger partial charge < -0.3 is 4.57 Å². The number of pyridine rings is 1. The average molecular weight is 482 g/mol. The highest BCUT2D eigenvalue weighted by atomic mass is 35.5. The molecule has 1 unspecified atom stereocenters. The molecule has 0 aliphatic carbocycles. The smallest absolute Gasteiger partial charge is 0.316 e. The van der Waals surface area contributed by atoms with Crippen molar-refractivity contribution in [2.75, 3.05) is 12.1 Å². The first-order valence-electron chi connectivity index (χ1n) is 9.11. The van der Waals surface area contributed by atoms with Gasteiger partial charge in [0.15, 0.2) is 0 Å². The Kier molecular flexibility index (Phi) is 5.95. The van der Waals surface area contributed by atoms with Gasteiger partial charge in [0.05, 0.1) is 16.8 Å². The molecule has 4 aromatic rings. The van der Waals surface area contributed by atoms with Crippen molar-refractivity contribution in [1.29, 1.82) is 0 Å². The summed E-state index contributed by atoms with van der Waals surface area (Å²) in [6.07, 6.45) is -1.70. The summed E-state index contributed by atoms with van der Waals surface area (Å²) in [6, 6.07) is 14.5. The largest absolute Gasteiger partial charge is 0.417 e. The number of hydrogen-bond acceptors (Lipinski definition) is 4. The molecule has 0 bridgehead atoms. The zero-order valence-corrected chi connectivity index (χ0v) is 17.9. The minimum Gasteiger partial charge on any atom is -0.316 e. The van der Waals surface area contributed by atoms with E-state index < -0.39 is 23.1 Å². The van der Waals surface area contributed by atoms with E-state index in [1.807, 2.05) is 6.07 Å². The number of hydroxylamine groups is 1. The second-order valence-corrected chi connectivity index (χ2v) is 7.79. The van der Waals surface area contributed by atoms with Gasteiger partial charge >= 0.3 is 17.5 Å². The Bertz CT molecular complexity index is 1330. The molecule has 1 N–H and O–H groups in total. The third-order valence-electron chi connectivity index (χ3n) is 4.83. The summed E-state index contributed by atoms with van der Waals surface area (Å²) in [7, 11) is 1.48. The van der Waals surface area contributed by atoms with Gasteiger partial charge in [-0.1, -0.05) is 29.8 Å². The van der Waals surface area contributed by atoms with Gasteiger partial charge in [0.25, 0.3) is 0 Å². The number of aromatic nitrogens is 2. The highest BCUT2D eigenvalue weighted by molar-refractivity contribution is 7.74. The lowest BCUT2D eigenvalue weighted by molar-refractivity contribution is -0.137. The molecule has 0 aliphatic rings. The van der Waals surface area contributed by atoms with E-state index in [9.17, 15) is 17.4 Å². The monoisotopic (exact) mass is 481 g/mol. The first-order valence-corrected chi connectivity index (χ1v) is 10.5. The van der Waals surface area contributed by atoms with Gasteiger partial charge in [-0.3, -0.25) is 4.55 Å². The predicted molar refractivity (Wildman–Crippen MR) is 117 cm³/mol. The predicted octanol–water partition coefficient (Wildman–Crippen LogP) is 5.87. The summed E-state index contributed by atoms with van der Waals surface area (Å²) < 4.78 is 67.1. The van der Waals surface area contributed by atoms with Crippen LogP contribution < -0.4 is 5.06 Å². The van der Waals surface area contributed by atoms with Crippen LogP contribution in [0.3, 0.4) is 0 Å². The molecule has 1 atom stereocenters. The third kappa shape index (κ3) is 4.49. The Morgan fingerprint density at radius 2 is 1.94 bits per heavy atom. The fraction of sp³-hybridized carbons (Fsp3) is 0.0952. The summed E-state index contributed by atoms with van der Waals surface area (Å²) in [5.74, 6) is 0. The van der Waals surface area contributed by atoms with Crippen LogP contribution in [0, 0.1) is 0 Å². The van der Waals surface area contributed by atoms with E-state index in [4.69, 9.17) is 20.4 Å². The summed E-state index contributed by atoms with van der Waals surface area (Å²) in [5.41, 5.74) is 1.23. The average Bonchev–Trinajstić information content (AvgIpc) is 3.16. The van der Waals surface area contributed by atoms with Gasteiger partial charge in [0, 0.05) is 36.1 Å².